The quantitative estimate of drug-likeness (QED) is 0.174. The molecule has 8 aliphatic carbocycles. The Hall–Kier alpha value is -4.44. The van der Waals surface area contributed by atoms with Gasteiger partial charge in [-0.1, -0.05) is 24.3 Å². The van der Waals surface area contributed by atoms with Gasteiger partial charge in [-0.25, -0.2) is 0 Å². The molecular formula is C48H41N3O. The Morgan fingerprint density at radius 2 is 1.31 bits per heavy atom. The number of benzene rings is 3. The summed E-state index contributed by atoms with van der Waals surface area (Å²) in [4.78, 5) is 11.0. The van der Waals surface area contributed by atoms with E-state index in [-0.39, 0.29) is 0 Å². The van der Waals surface area contributed by atoms with Crippen molar-refractivity contribution in [1.29, 1.82) is 0 Å². The maximum Gasteiger partial charge on any atom is 0.136 e. The van der Waals surface area contributed by atoms with E-state index in [9.17, 15) is 0 Å². The molecule has 8 aromatic rings. The Bertz CT molecular complexity index is 2950. The van der Waals surface area contributed by atoms with Crippen molar-refractivity contribution in [3.63, 3.8) is 0 Å². The molecule has 52 heavy (non-hydrogen) atoms. The molecule has 0 amide bonds. The monoisotopic (exact) mass is 675 g/mol. The number of aryl methyl sites for hydroxylation is 1. The predicted molar refractivity (Wildman–Crippen MR) is 208 cm³/mol. The second-order valence-corrected chi connectivity index (χ2v) is 19.1. The number of aromatic nitrogens is 3. The summed E-state index contributed by atoms with van der Waals surface area (Å²) in [5, 5.41) is 8.37. The van der Waals surface area contributed by atoms with Crippen molar-refractivity contribution in [2.75, 3.05) is 0 Å². The van der Waals surface area contributed by atoms with Gasteiger partial charge in [-0.3, -0.25) is 9.97 Å². The van der Waals surface area contributed by atoms with Gasteiger partial charge < -0.3 is 8.82 Å². The number of nitrogens with zero attached hydrogens (tertiary/aromatic N) is 3. The molecule has 5 aromatic heterocycles. The Morgan fingerprint density at radius 1 is 0.635 bits per heavy atom. The van der Waals surface area contributed by atoms with Crippen LogP contribution in [0.2, 0.25) is 0 Å². The highest BCUT2D eigenvalue weighted by Crippen LogP contribution is 2.76. The van der Waals surface area contributed by atoms with Gasteiger partial charge in [0.2, 0.25) is 0 Å². The van der Waals surface area contributed by atoms with Gasteiger partial charge in [-0.2, -0.15) is 0 Å². The van der Waals surface area contributed by atoms with Gasteiger partial charge in [0, 0.05) is 55.5 Å². The average Bonchev–Trinajstić information content (AvgIpc) is 3.89. The molecule has 7 unspecified atom stereocenters. The lowest BCUT2D eigenvalue weighted by atomic mass is 9.56. The summed E-state index contributed by atoms with van der Waals surface area (Å²) < 4.78 is 9.17. The molecule has 5 fully saturated rings. The molecule has 3 aromatic carbocycles. The van der Waals surface area contributed by atoms with Crippen molar-refractivity contribution in [3.8, 4) is 11.1 Å². The fourth-order valence-corrected chi connectivity index (χ4v) is 15.4. The molecule has 8 aliphatic rings. The third kappa shape index (κ3) is 2.94. The number of para-hydroxylation sites is 1. The van der Waals surface area contributed by atoms with Crippen LogP contribution in [0.15, 0.2) is 65.3 Å². The van der Waals surface area contributed by atoms with Crippen LogP contribution in [0.5, 0.6) is 0 Å². The first kappa shape index (κ1) is 27.2. The third-order valence-electron chi connectivity index (χ3n) is 17.0. The summed E-state index contributed by atoms with van der Waals surface area (Å²) in [7, 11) is 0. The first-order valence-electron chi connectivity index (χ1n) is 20.6. The largest absolute Gasteiger partial charge is 0.456 e. The topological polar surface area (TPSA) is 43.3 Å². The van der Waals surface area contributed by atoms with Gasteiger partial charge >= 0.3 is 0 Å². The van der Waals surface area contributed by atoms with E-state index in [0.717, 1.165) is 34.8 Å². The Kier molecular flexibility index (Phi) is 4.54. The normalized spacial score (nSPS) is 33.6. The summed E-state index contributed by atoms with van der Waals surface area (Å²) in [6, 6.07) is 18.3. The second kappa shape index (κ2) is 8.67. The molecule has 16 rings (SSSR count). The van der Waals surface area contributed by atoms with Crippen LogP contribution < -0.4 is 0 Å². The number of rotatable bonds is 1. The minimum Gasteiger partial charge on any atom is -0.456 e. The van der Waals surface area contributed by atoms with Crippen LogP contribution in [0.4, 0.5) is 0 Å². The van der Waals surface area contributed by atoms with Crippen molar-refractivity contribution in [3.05, 3.63) is 89.0 Å². The van der Waals surface area contributed by atoms with Crippen LogP contribution in [0.1, 0.15) is 116 Å². The number of hydrogen-bond donors (Lipinski definition) is 0. The van der Waals surface area contributed by atoms with Crippen molar-refractivity contribution >= 4 is 60.0 Å². The van der Waals surface area contributed by atoms with E-state index in [4.69, 9.17) is 14.4 Å². The third-order valence-corrected chi connectivity index (χ3v) is 17.0. The predicted octanol–water partition coefficient (Wildman–Crippen LogP) is 12.3. The van der Waals surface area contributed by atoms with E-state index in [1.54, 1.807) is 11.1 Å². The molecule has 7 atom stereocenters. The minimum atomic E-state index is 0.607. The van der Waals surface area contributed by atoms with E-state index in [1.807, 2.05) is 0 Å². The number of fused-ring (bicyclic) bond motifs is 15. The van der Waals surface area contributed by atoms with Crippen LogP contribution in [0.3, 0.4) is 0 Å². The first-order valence-corrected chi connectivity index (χ1v) is 20.6. The number of pyridine rings is 2. The lowest BCUT2D eigenvalue weighted by Crippen LogP contribution is -2.41. The van der Waals surface area contributed by atoms with E-state index >= 15 is 0 Å². The zero-order chi connectivity index (χ0) is 33.4. The summed E-state index contributed by atoms with van der Waals surface area (Å²) >= 11 is 0. The van der Waals surface area contributed by atoms with E-state index in [1.165, 1.54) is 141 Å². The molecule has 5 heterocycles. The summed E-state index contributed by atoms with van der Waals surface area (Å²) in [5.41, 5.74) is 16.7. The molecule has 5 saturated carbocycles. The van der Waals surface area contributed by atoms with Crippen molar-refractivity contribution in [1.82, 2.24) is 14.4 Å². The highest BCUT2D eigenvalue weighted by molar-refractivity contribution is 6.27. The molecule has 0 aliphatic heterocycles. The molecule has 7 bridgehead atoms. The molecule has 0 saturated heterocycles. The Labute approximate surface area is 301 Å². The maximum atomic E-state index is 6.53. The van der Waals surface area contributed by atoms with Crippen LogP contribution in [0.25, 0.3) is 71.2 Å². The van der Waals surface area contributed by atoms with Crippen molar-refractivity contribution in [2.24, 2.45) is 29.1 Å². The molecule has 4 heteroatoms. The zero-order valence-electron chi connectivity index (χ0n) is 29.7. The standard InChI is InChI=1S/C48H41N3O/c1-22-6-7-38-44(32-4-2-3-5-37(32)52-38)39(22)26-15-33-42-35(20-49-45-27-11-23-8-24(12-27)10-25(9-23)40(42)45)51-36-21-50-46-29-14-31-17-30-13-28(18-48(30,31)19-29)41(46)43(36)34(16-26)47(33)51/h2-7,15-16,20-21,23-25,27-31H,8-14,17-19H2,1H3. The van der Waals surface area contributed by atoms with Gasteiger partial charge in [-0.05, 0) is 164 Å². The van der Waals surface area contributed by atoms with Crippen molar-refractivity contribution < 1.29 is 4.42 Å². The highest BCUT2D eigenvalue weighted by Gasteiger charge is 2.66. The highest BCUT2D eigenvalue weighted by atomic mass is 16.3. The van der Waals surface area contributed by atoms with E-state index < -0.39 is 0 Å². The molecule has 254 valence electrons. The average molecular weight is 676 g/mol. The molecule has 0 N–H and O–H groups in total. The van der Waals surface area contributed by atoms with E-state index in [2.05, 4.69) is 72.2 Å². The zero-order valence-corrected chi connectivity index (χ0v) is 29.7. The fourth-order valence-electron chi connectivity index (χ4n) is 15.4. The summed E-state index contributed by atoms with van der Waals surface area (Å²) in [6.45, 7) is 2.30. The molecule has 0 radical (unpaired) electrons. The fraction of sp³-hybridized carbons (Fsp3) is 0.417. The van der Waals surface area contributed by atoms with Gasteiger partial charge in [0.15, 0.2) is 0 Å². The smallest absolute Gasteiger partial charge is 0.136 e. The van der Waals surface area contributed by atoms with Gasteiger partial charge in [0.25, 0.3) is 0 Å². The SMILES string of the molecule is Cc1ccc2oc3ccccc3c2c1-c1cc2c3c4c(ncc3n3c5cnc6c(c5c(c1)c23)C1CC2CC3CC6CC32C1)C1CC2CC(C1)CC4C2. The second-order valence-electron chi connectivity index (χ2n) is 19.1. The van der Waals surface area contributed by atoms with Crippen LogP contribution in [-0.2, 0) is 0 Å². The van der Waals surface area contributed by atoms with Gasteiger partial charge in [-0.15, -0.1) is 0 Å². The minimum absolute atomic E-state index is 0.607. The van der Waals surface area contributed by atoms with Gasteiger partial charge in [0.1, 0.15) is 11.2 Å². The molecule has 1 spiro atoms. The van der Waals surface area contributed by atoms with Gasteiger partial charge in [0.05, 0.1) is 28.9 Å². The number of hydrogen-bond acceptors (Lipinski definition) is 3. The lowest BCUT2D eigenvalue weighted by molar-refractivity contribution is 0.00321. The van der Waals surface area contributed by atoms with Crippen LogP contribution >= 0.6 is 0 Å². The number of furan rings is 1. The Morgan fingerprint density at radius 3 is 2.10 bits per heavy atom. The molecule has 4 nitrogen and oxygen atoms in total. The van der Waals surface area contributed by atoms with Crippen molar-refractivity contribution in [2.45, 2.75) is 94.8 Å². The molecular weight excluding hydrogens is 635 g/mol. The van der Waals surface area contributed by atoms with Crippen LogP contribution in [-0.4, -0.2) is 14.4 Å². The summed E-state index contributed by atoms with van der Waals surface area (Å²) in [6.07, 6.45) is 18.4. The Balaban J connectivity index is 1.12. The van der Waals surface area contributed by atoms with Crippen LogP contribution in [0, 0.1) is 36.0 Å². The maximum absolute atomic E-state index is 6.53. The summed E-state index contributed by atoms with van der Waals surface area (Å²) in [5.74, 6) is 6.12. The lowest BCUT2D eigenvalue weighted by Gasteiger charge is -2.48. The first-order chi connectivity index (χ1) is 25.6. The van der Waals surface area contributed by atoms with E-state index in [0.29, 0.717) is 29.1 Å².